The van der Waals surface area contributed by atoms with Gasteiger partial charge >= 0.3 is 0 Å². The molecule has 0 spiro atoms. The molecule has 6 heteroatoms. The van der Waals surface area contributed by atoms with Gasteiger partial charge in [0.05, 0.1) is 10.6 Å². The lowest BCUT2D eigenvalue weighted by atomic mass is 10.2. The molecule has 2 aromatic rings. The smallest absolute Gasteiger partial charge is 0.262 e. The fourth-order valence-electron chi connectivity index (χ4n) is 1.56. The van der Waals surface area contributed by atoms with Gasteiger partial charge in [0.1, 0.15) is 5.82 Å². The summed E-state index contributed by atoms with van der Waals surface area (Å²) in [4.78, 5) is 0.0720. The summed E-state index contributed by atoms with van der Waals surface area (Å²) in [7, 11) is -3.80. The summed E-state index contributed by atoms with van der Waals surface area (Å²) >= 11 is 3.20. The van der Waals surface area contributed by atoms with Crippen LogP contribution in [0.15, 0.2) is 51.8 Å². The molecule has 0 saturated carbocycles. The Balaban J connectivity index is 2.39. The molecule has 0 atom stereocenters. The number of aryl methyl sites for hydroxylation is 1. The number of sulfonamides is 1. The van der Waals surface area contributed by atoms with Crippen LogP contribution in [0, 0.1) is 12.7 Å². The zero-order valence-corrected chi connectivity index (χ0v) is 12.4. The van der Waals surface area contributed by atoms with Crippen molar-refractivity contribution in [2.75, 3.05) is 4.72 Å². The minimum Gasteiger partial charge on any atom is -0.277 e. The highest BCUT2D eigenvalue weighted by molar-refractivity contribution is 9.10. The van der Waals surface area contributed by atoms with Crippen molar-refractivity contribution in [1.29, 1.82) is 0 Å². The molecule has 0 unspecified atom stereocenters. The monoisotopic (exact) mass is 343 g/mol. The van der Waals surface area contributed by atoms with Crippen LogP contribution in [0.3, 0.4) is 0 Å². The van der Waals surface area contributed by atoms with E-state index in [9.17, 15) is 12.8 Å². The van der Waals surface area contributed by atoms with Gasteiger partial charge in [0.15, 0.2) is 0 Å². The normalized spacial score (nSPS) is 11.3. The first-order valence-corrected chi connectivity index (χ1v) is 7.71. The molecule has 100 valence electrons. The van der Waals surface area contributed by atoms with Crippen molar-refractivity contribution in [3.05, 3.63) is 58.3 Å². The predicted molar refractivity (Wildman–Crippen MR) is 76.1 cm³/mol. The molecule has 0 heterocycles. The molecule has 0 amide bonds. The third kappa shape index (κ3) is 3.33. The van der Waals surface area contributed by atoms with Crippen LogP contribution in [0.2, 0.25) is 0 Å². The number of halogens is 2. The van der Waals surface area contributed by atoms with Crippen LogP contribution >= 0.6 is 15.9 Å². The van der Waals surface area contributed by atoms with Gasteiger partial charge in [0.2, 0.25) is 0 Å². The van der Waals surface area contributed by atoms with Gasteiger partial charge in [-0.25, -0.2) is 12.8 Å². The number of benzene rings is 2. The third-order valence-corrected chi connectivity index (χ3v) is 4.33. The molecule has 2 rings (SSSR count). The minimum absolute atomic E-state index is 0.0556. The highest BCUT2D eigenvalue weighted by atomic mass is 79.9. The lowest BCUT2D eigenvalue weighted by Crippen LogP contribution is -2.14. The van der Waals surface area contributed by atoms with Gasteiger partial charge in [-0.2, -0.15) is 0 Å². The summed E-state index contributed by atoms with van der Waals surface area (Å²) in [5.74, 6) is -0.607. The Morgan fingerprint density at radius 1 is 1.16 bits per heavy atom. The fraction of sp³-hybridized carbons (Fsp3) is 0.0769. The van der Waals surface area contributed by atoms with E-state index in [0.717, 1.165) is 5.56 Å². The van der Waals surface area contributed by atoms with Crippen molar-refractivity contribution in [1.82, 2.24) is 0 Å². The molecule has 0 aliphatic heterocycles. The summed E-state index contributed by atoms with van der Waals surface area (Å²) < 4.78 is 40.7. The summed E-state index contributed by atoms with van der Waals surface area (Å²) in [6.07, 6.45) is 0. The quantitative estimate of drug-likeness (QED) is 0.923. The van der Waals surface area contributed by atoms with E-state index in [1.165, 1.54) is 24.3 Å². The van der Waals surface area contributed by atoms with Crippen LogP contribution in [-0.4, -0.2) is 8.42 Å². The summed E-state index contributed by atoms with van der Waals surface area (Å²) in [6, 6.07) is 10.5. The maximum atomic E-state index is 13.6. The van der Waals surface area contributed by atoms with Gasteiger partial charge in [-0.05, 0) is 42.8 Å². The first-order valence-electron chi connectivity index (χ1n) is 5.43. The molecule has 0 radical (unpaired) electrons. The van der Waals surface area contributed by atoms with E-state index in [4.69, 9.17) is 0 Å². The lowest BCUT2D eigenvalue weighted by Gasteiger charge is -2.09. The van der Waals surface area contributed by atoms with Crippen molar-refractivity contribution in [2.45, 2.75) is 11.8 Å². The molecule has 2 aromatic carbocycles. The standard InChI is InChI=1S/C13H11BrFNO2S/c1-9-5-6-12(15)13(7-9)16-19(17,18)11-4-2-3-10(14)8-11/h2-8,16H,1H3. The Hall–Kier alpha value is -1.40. The molecule has 1 N–H and O–H groups in total. The molecular formula is C13H11BrFNO2S. The van der Waals surface area contributed by atoms with Gasteiger partial charge in [0, 0.05) is 4.47 Å². The van der Waals surface area contributed by atoms with Gasteiger partial charge in [-0.3, -0.25) is 4.72 Å². The maximum Gasteiger partial charge on any atom is 0.262 e. The number of hydrogen-bond donors (Lipinski definition) is 1. The van der Waals surface area contributed by atoms with Crippen molar-refractivity contribution in [3.63, 3.8) is 0 Å². The van der Waals surface area contributed by atoms with Crippen molar-refractivity contribution in [3.8, 4) is 0 Å². The Morgan fingerprint density at radius 2 is 1.89 bits per heavy atom. The minimum atomic E-state index is -3.80. The van der Waals surface area contributed by atoms with E-state index in [-0.39, 0.29) is 10.6 Å². The van der Waals surface area contributed by atoms with Crippen LogP contribution in [-0.2, 0) is 10.0 Å². The molecular weight excluding hydrogens is 333 g/mol. The lowest BCUT2D eigenvalue weighted by molar-refractivity contribution is 0.598. The van der Waals surface area contributed by atoms with Gasteiger partial charge < -0.3 is 0 Å². The molecule has 0 bridgehead atoms. The summed E-state index contributed by atoms with van der Waals surface area (Å²) in [6.45, 7) is 1.76. The number of anilines is 1. The molecule has 0 aliphatic carbocycles. The number of hydrogen-bond acceptors (Lipinski definition) is 2. The molecule has 19 heavy (non-hydrogen) atoms. The fourth-order valence-corrected chi connectivity index (χ4v) is 3.21. The predicted octanol–water partition coefficient (Wildman–Crippen LogP) is 3.70. The summed E-state index contributed by atoms with van der Waals surface area (Å²) in [5.41, 5.74) is 0.716. The first kappa shape index (κ1) is 14.0. The molecule has 0 saturated heterocycles. The Labute approximate surface area is 119 Å². The van der Waals surface area contributed by atoms with Crippen LogP contribution in [0.4, 0.5) is 10.1 Å². The zero-order chi connectivity index (χ0) is 14.0. The highest BCUT2D eigenvalue weighted by Gasteiger charge is 2.16. The van der Waals surface area contributed by atoms with Crippen LogP contribution < -0.4 is 4.72 Å². The third-order valence-electron chi connectivity index (χ3n) is 2.47. The topological polar surface area (TPSA) is 46.2 Å². The van der Waals surface area contributed by atoms with Crippen molar-refractivity contribution >= 4 is 31.6 Å². The van der Waals surface area contributed by atoms with E-state index >= 15 is 0 Å². The van der Waals surface area contributed by atoms with Gasteiger partial charge in [0.25, 0.3) is 10.0 Å². The SMILES string of the molecule is Cc1ccc(F)c(NS(=O)(=O)c2cccc(Br)c2)c1. The highest BCUT2D eigenvalue weighted by Crippen LogP contribution is 2.22. The molecule has 3 nitrogen and oxygen atoms in total. The summed E-state index contributed by atoms with van der Waals surface area (Å²) in [5, 5.41) is 0. The zero-order valence-electron chi connectivity index (χ0n) is 10.0. The largest absolute Gasteiger partial charge is 0.277 e. The first-order chi connectivity index (χ1) is 8.88. The van der Waals surface area contributed by atoms with E-state index in [0.29, 0.717) is 4.47 Å². The van der Waals surface area contributed by atoms with Crippen molar-refractivity contribution in [2.24, 2.45) is 0 Å². The molecule has 0 aliphatic rings. The Kier molecular flexibility index (Phi) is 3.91. The van der Waals surface area contributed by atoms with Crippen LogP contribution in [0.25, 0.3) is 0 Å². The number of nitrogens with one attached hydrogen (secondary N) is 1. The second-order valence-electron chi connectivity index (χ2n) is 4.05. The molecule has 0 fully saturated rings. The van der Waals surface area contributed by atoms with E-state index in [2.05, 4.69) is 20.7 Å². The van der Waals surface area contributed by atoms with E-state index < -0.39 is 15.8 Å². The molecule has 0 aromatic heterocycles. The Bertz CT molecular complexity index is 716. The average molecular weight is 344 g/mol. The Morgan fingerprint density at radius 3 is 2.58 bits per heavy atom. The van der Waals surface area contributed by atoms with Crippen LogP contribution in [0.1, 0.15) is 5.56 Å². The van der Waals surface area contributed by atoms with E-state index in [1.54, 1.807) is 25.1 Å². The second-order valence-corrected chi connectivity index (χ2v) is 6.64. The van der Waals surface area contributed by atoms with E-state index in [1.807, 2.05) is 0 Å². The van der Waals surface area contributed by atoms with Gasteiger partial charge in [-0.15, -0.1) is 0 Å². The number of rotatable bonds is 3. The average Bonchev–Trinajstić information content (AvgIpc) is 2.33. The second kappa shape index (κ2) is 5.30. The van der Waals surface area contributed by atoms with Crippen LogP contribution in [0.5, 0.6) is 0 Å². The van der Waals surface area contributed by atoms with Gasteiger partial charge in [-0.1, -0.05) is 28.1 Å². The van der Waals surface area contributed by atoms with Crippen molar-refractivity contribution < 1.29 is 12.8 Å². The maximum absolute atomic E-state index is 13.6.